The molecule has 0 saturated heterocycles. The largest absolute Gasteiger partial charge is 0.464 e. The van der Waals surface area contributed by atoms with E-state index in [9.17, 15) is 9.90 Å². The van der Waals surface area contributed by atoms with Gasteiger partial charge in [0.15, 0.2) is 5.60 Å². The molecule has 0 aliphatic heterocycles. The molecule has 0 heterocycles. The van der Waals surface area contributed by atoms with E-state index in [0.717, 1.165) is 11.1 Å². The third kappa shape index (κ3) is 4.91. The molecule has 4 nitrogen and oxygen atoms in total. The molecule has 1 unspecified atom stereocenters. The lowest BCUT2D eigenvalue weighted by Gasteiger charge is -2.24. The number of aliphatic hydroxyl groups is 1. The van der Waals surface area contributed by atoms with Gasteiger partial charge in [-0.3, -0.25) is 0 Å². The first-order valence-electron chi connectivity index (χ1n) is 8.22. The van der Waals surface area contributed by atoms with Crippen LogP contribution in [0.25, 0.3) is 11.1 Å². The summed E-state index contributed by atoms with van der Waals surface area (Å²) >= 11 is 0. The van der Waals surface area contributed by atoms with Gasteiger partial charge in [-0.05, 0) is 37.0 Å². The Morgan fingerprint density at radius 1 is 1.12 bits per heavy atom. The number of hydrogen-bond donors (Lipinski definition) is 2. The Kier molecular flexibility index (Phi) is 6.12. The summed E-state index contributed by atoms with van der Waals surface area (Å²) in [5.74, 6) is -0.625. The van der Waals surface area contributed by atoms with Gasteiger partial charge in [0.05, 0.1) is 6.61 Å². The zero-order valence-corrected chi connectivity index (χ0v) is 14.2. The Balaban J connectivity index is 1.97. The number of hydrogen-bond acceptors (Lipinski definition) is 4. The Morgan fingerprint density at radius 3 is 2.29 bits per heavy atom. The van der Waals surface area contributed by atoms with Gasteiger partial charge >= 0.3 is 5.97 Å². The Labute approximate surface area is 143 Å². The van der Waals surface area contributed by atoms with Crippen LogP contribution in [0, 0.1) is 0 Å². The van der Waals surface area contributed by atoms with Gasteiger partial charge in [0.2, 0.25) is 0 Å². The highest BCUT2D eigenvalue weighted by atomic mass is 16.5. The van der Waals surface area contributed by atoms with Crippen molar-refractivity contribution in [3.05, 3.63) is 60.2 Å². The van der Waals surface area contributed by atoms with Crippen LogP contribution in [-0.2, 0) is 16.0 Å². The molecule has 24 heavy (non-hydrogen) atoms. The van der Waals surface area contributed by atoms with Crippen LogP contribution in [0.2, 0.25) is 0 Å². The van der Waals surface area contributed by atoms with Crippen molar-refractivity contribution in [1.29, 1.82) is 0 Å². The predicted octanol–water partition coefficient (Wildman–Crippen LogP) is 2.93. The normalized spacial score (nSPS) is 14.7. The highest BCUT2D eigenvalue weighted by Crippen LogP contribution is 2.21. The minimum Gasteiger partial charge on any atom is -0.464 e. The number of ether oxygens (including phenoxy) is 1. The molecule has 2 aromatic rings. The standard InChI is InChI=1S/C20H25NO3/c1-3-24-19(22)20(2,23)14-18(21)13-15-9-11-17(12-10-15)16-7-5-4-6-8-16/h4-12,18,23H,3,13-14,21H2,1-2H3/t18-,20?/m0/s1. The van der Waals surface area contributed by atoms with Gasteiger partial charge in [0, 0.05) is 12.5 Å². The molecule has 0 saturated carbocycles. The van der Waals surface area contributed by atoms with E-state index in [1.165, 1.54) is 12.5 Å². The molecule has 0 aliphatic carbocycles. The van der Waals surface area contributed by atoms with Gasteiger partial charge in [0.25, 0.3) is 0 Å². The van der Waals surface area contributed by atoms with Crippen LogP contribution >= 0.6 is 0 Å². The fourth-order valence-corrected chi connectivity index (χ4v) is 2.72. The van der Waals surface area contributed by atoms with Crippen molar-refractivity contribution in [2.24, 2.45) is 5.73 Å². The molecular weight excluding hydrogens is 302 g/mol. The van der Waals surface area contributed by atoms with Crippen LogP contribution in [0.3, 0.4) is 0 Å². The lowest BCUT2D eigenvalue weighted by molar-refractivity contribution is -0.164. The Hall–Kier alpha value is -2.17. The van der Waals surface area contributed by atoms with Crippen LogP contribution in [0.4, 0.5) is 0 Å². The van der Waals surface area contributed by atoms with Crippen LogP contribution in [-0.4, -0.2) is 29.3 Å². The predicted molar refractivity (Wildman–Crippen MR) is 95.4 cm³/mol. The van der Waals surface area contributed by atoms with Crippen molar-refractivity contribution < 1.29 is 14.6 Å². The maximum atomic E-state index is 11.7. The summed E-state index contributed by atoms with van der Waals surface area (Å²) in [7, 11) is 0. The molecule has 2 atom stereocenters. The van der Waals surface area contributed by atoms with E-state index in [2.05, 4.69) is 24.3 Å². The highest BCUT2D eigenvalue weighted by Gasteiger charge is 2.33. The Bertz CT molecular complexity index is 650. The van der Waals surface area contributed by atoms with Crippen molar-refractivity contribution >= 4 is 5.97 Å². The number of esters is 1. The number of nitrogens with two attached hydrogens (primary N) is 1. The molecule has 128 valence electrons. The maximum absolute atomic E-state index is 11.7. The summed E-state index contributed by atoms with van der Waals surface area (Å²) < 4.78 is 4.88. The van der Waals surface area contributed by atoms with E-state index in [4.69, 9.17) is 10.5 Å². The molecular formula is C20H25NO3. The van der Waals surface area contributed by atoms with E-state index >= 15 is 0 Å². The molecule has 0 amide bonds. The average molecular weight is 327 g/mol. The lowest BCUT2D eigenvalue weighted by Crippen LogP contribution is -2.43. The molecule has 2 rings (SSSR count). The zero-order valence-electron chi connectivity index (χ0n) is 14.2. The monoisotopic (exact) mass is 327 g/mol. The molecule has 0 fully saturated rings. The quantitative estimate of drug-likeness (QED) is 0.767. The Morgan fingerprint density at radius 2 is 1.71 bits per heavy atom. The van der Waals surface area contributed by atoms with Crippen molar-refractivity contribution in [3.8, 4) is 11.1 Å². The average Bonchev–Trinajstić information content (AvgIpc) is 2.56. The van der Waals surface area contributed by atoms with Crippen molar-refractivity contribution in [1.82, 2.24) is 0 Å². The van der Waals surface area contributed by atoms with Gasteiger partial charge in [-0.1, -0.05) is 54.6 Å². The lowest BCUT2D eigenvalue weighted by atomic mass is 9.93. The van der Waals surface area contributed by atoms with E-state index in [0.29, 0.717) is 6.42 Å². The second-order valence-corrected chi connectivity index (χ2v) is 6.23. The van der Waals surface area contributed by atoms with Gasteiger partial charge in [0.1, 0.15) is 0 Å². The fraction of sp³-hybridized carbons (Fsp3) is 0.350. The molecule has 0 radical (unpaired) electrons. The van der Waals surface area contributed by atoms with E-state index in [1.807, 2.05) is 30.3 Å². The second-order valence-electron chi connectivity index (χ2n) is 6.23. The topological polar surface area (TPSA) is 72.5 Å². The van der Waals surface area contributed by atoms with E-state index in [-0.39, 0.29) is 19.1 Å². The van der Waals surface area contributed by atoms with Crippen LogP contribution < -0.4 is 5.73 Å². The zero-order chi connectivity index (χ0) is 17.6. The van der Waals surface area contributed by atoms with Crippen LogP contribution in [0.15, 0.2) is 54.6 Å². The summed E-state index contributed by atoms with van der Waals surface area (Å²) in [5, 5.41) is 10.2. The smallest absolute Gasteiger partial charge is 0.337 e. The van der Waals surface area contributed by atoms with Gasteiger partial charge in [-0.15, -0.1) is 0 Å². The number of rotatable bonds is 7. The summed E-state index contributed by atoms with van der Waals surface area (Å²) in [6.07, 6.45) is 0.747. The van der Waals surface area contributed by atoms with E-state index < -0.39 is 11.6 Å². The highest BCUT2D eigenvalue weighted by molar-refractivity contribution is 5.78. The van der Waals surface area contributed by atoms with Crippen molar-refractivity contribution in [2.45, 2.75) is 38.3 Å². The molecule has 0 aliphatic rings. The fourth-order valence-electron chi connectivity index (χ4n) is 2.72. The first-order chi connectivity index (χ1) is 11.4. The third-order valence-electron chi connectivity index (χ3n) is 3.93. The summed E-state index contributed by atoms with van der Waals surface area (Å²) in [4.78, 5) is 11.7. The SMILES string of the molecule is CCOC(=O)C(C)(O)C[C@@H](N)Cc1ccc(-c2ccccc2)cc1. The molecule has 3 N–H and O–H groups in total. The first kappa shape index (κ1) is 18.2. The van der Waals surface area contributed by atoms with Crippen LogP contribution in [0.5, 0.6) is 0 Å². The number of carbonyl (C=O) groups excluding carboxylic acids is 1. The molecule has 4 heteroatoms. The molecule has 0 spiro atoms. The van der Waals surface area contributed by atoms with E-state index in [1.54, 1.807) is 6.92 Å². The second kappa shape index (κ2) is 8.08. The van der Waals surface area contributed by atoms with Gasteiger partial charge < -0.3 is 15.6 Å². The van der Waals surface area contributed by atoms with Gasteiger partial charge in [-0.2, -0.15) is 0 Å². The van der Waals surface area contributed by atoms with Crippen LogP contribution in [0.1, 0.15) is 25.8 Å². The molecule has 2 aromatic carbocycles. The minimum absolute atomic E-state index is 0.159. The number of benzene rings is 2. The molecule has 0 bridgehead atoms. The number of carbonyl (C=O) groups is 1. The first-order valence-corrected chi connectivity index (χ1v) is 8.22. The minimum atomic E-state index is -1.56. The summed E-state index contributed by atoms with van der Waals surface area (Å²) in [6, 6.07) is 18.0. The van der Waals surface area contributed by atoms with Crippen molar-refractivity contribution in [2.75, 3.05) is 6.61 Å². The van der Waals surface area contributed by atoms with Crippen molar-refractivity contribution in [3.63, 3.8) is 0 Å². The van der Waals surface area contributed by atoms with Gasteiger partial charge in [-0.25, -0.2) is 4.79 Å². The maximum Gasteiger partial charge on any atom is 0.337 e. The summed E-state index contributed by atoms with van der Waals surface area (Å²) in [6.45, 7) is 3.40. The third-order valence-corrected chi connectivity index (χ3v) is 3.93. The molecule has 0 aromatic heterocycles. The summed E-state index contributed by atoms with van der Waals surface area (Å²) in [5.41, 5.74) is 7.93.